The van der Waals surface area contributed by atoms with Gasteiger partial charge in [0.05, 0.1) is 12.5 Å². The van der Waals surface area contributed by atoms with Gasteiger partial charge in [0.25, 0.3) is 0 Å². The molecule has 2 aromatic rings. The Morgan fingerprint density at radius 2 is 1.95 bits per heavy atom. The fourth-order valence-electron chi connectivity index (χ4n) is 5.06. The second kappa shape index (κ2) is 14.5. The lowest BCUT2D eigenvalue weighted by Crippen LogP contribution is -2.35. The van der Waals surface area contributed by atoms with Gasteiger partial charge in [-0.15, -0.1) is 11.3 Å². The molecular weight excluding hydrogens is 556 g/mol. The van der Waals surface area contributed by atoms with E-state index in [1.165, 1.54) is 4.31 Å². The molecule has 2 aliphatic rings. The molecule has 1 aliphatic carbocycles. The highest BCUT2D eigenvalue weighted by Crippen LogP contribution is 2.47. The second-order valence-electron chi connectivity index (χ2n) is 10.8. The molecule has 230 valence electrons. The van der Waals surface area contributed by atoms with Crippen LogP contribution in [0.4, 0.5) is 0 Å². The number of para-hydroxylation sites is 1. The molecule has 41 heavy (non-hydrogen) atoms. The quantitative estimate of drug-likeness (QED) is 0.248. The smallest absolute Gasteiger partial charge is 0.247 e. The van der Waals surface area contributed by atoms with Crippen molar-refractivity contribution in [2.45, 2.75) is 84.8 Å². The van der Waals surface area contributed by atoms with E-state index >= 15 is 0 Å². The Hall–Kier alpha value is -2.66. The van der Waals surface area contributed by atoms with Crippen LogP contribution in [0.25, 0.3) is 0 Å². The Labute approximate surface area is 252 Å². The highest BCUT2D eigenvalue weighted by atomic mass is 32.2. The standard InChI is InChI=1S/C29H39N3O4S2.C2H6.H3N.H2/c1-6-31-16-23(30)13-14-24(29(4,5)28(33)21-11-12-21)26-15-22(20(3)37-26)18-32-17-19(2)36-25-9-7-8-10-27(25)38(32,34)35;1-2;;/h7-12,15-16,19,21,24,31H,6,13-14,17-18,30H2,1-5H3;1-2H3;1H3;1H/b23-16-;;;/t19-,24-;;;/m1.../s1. The Bertz CT molecular complexity index is 1350. The highest BCUT2D eigenvalue weighted by Gasteiger charge is 2.43. The summed E-state index contributed by atoms with van der Waals surface area (Å²) in [5.41, 5.74) is 7.36. The fraction of sp³-hybridized carbons (Fsp3) is 0.516. The number of Topliss-reactive ketones (excluding diaryl/α,β-unsaturated/α-hetero) is 1. The van der Waals surface area contributed by atoms with E-state index in [0.29, 0.717) is 12.2 Å². The number of carbonyl (C=O) groups is 1. The van der Waals surface area contributed by atoms with Gasteiger partial charge in [0.2, 0.25) is 10.0 Å². The molecule has 1 aliphatic heterocycles. The van der Waals surface area contributed by atoms with Crippen molar-refractivity contribution in [3.8, 4) is 5.75 Å². The molecule has 0 saturated carbocycles. The number of rotatable bonds is 11. The first-order valence-corrected chi connectivity index (χ1v) is 16.5. The van der Waals surface area contributed by atoms with Crippen LogP contribution >= 0.6 is 11.3 Å². The summed E-state index contributed by atoms with van der Waals surface area (Å²) >= 11 is 1.65. The topological polar surface area (TPSA) is 137 Å². The Kier molecular flexibility index (Phi) is 12.2. The average Bonchev–Trinajstić information content (AvgIpc) is 3.71. The summed E-state index contributed by atoms with van der Waals surface area (Å²) in [6.45, 7) is 15.3. The Morgan fingerprint density at radius 3 is 2.59 bits per heavy atom. The molecule has 0 amide bonds. The normalized spacial score (nSPS) is 19.0. The highest BCUT2D eigenvalue weighted by molar-refractivity contribution is 7.89. The van der Waals surface area contributed by atoms with Gasteiger partial charge in [-0.05, 0) is 57.4 Å². The average molecular weight is 607 g/mol. The summed E-state index contributed by atoms with van der Waals surface area (Å²) in [4.78, 5) is 15.7. The van der Waals surface area contributed by atoms with Crippen LogP contribution in [-0.2, 0) is 21.4 Å². The van der Waals surface area contributed by atoms with Crippen LogP contribution in [0.3, 0.4) is 0 Å². The lowest BCUT2D eigenvalue weighted by molar-refractivity contribution is -0.129. The van der Waals surface area contributed by atoms with Crippen molar-refractivity contribution >= 4 is 27.1 Å². The number of nitrogens with zero attached hydrogens (tertiary/aromatic N) is 1. The SMILES string of the molecule is CC.CCN/C=C(\N)CC[C@H](c1cc(CN2C[C@@H](C)Oc3ccccc3S2(=O)=O)c(C)s1)C(C)(C)C(=O)C1C=C1.N.[HH]. The first kappa shape index (κ1) is 34.5. The summed E-state index contributed by atoms with van der Waals surface area (Å²) < 4.78 is 34.6. The van der Waals surface area contributed by atoms with Gasteiger partial charge in [-0.1, -0.05) is 52.0 Å². The van der Waals surface area contributed by atoms with Crippen LogP contribution in [-0.4, -0.2) is 37.7 Å². The fourth-order valence-corrected chi connectivity index (χ4v) is 8.04. The number of aryl methyl sites for hydroxylation is 1. The lowest BCUT2D eigenvalue weighted by atomic mass is 9.70. The molecule has 8 nitrogen and oxygen atoms in total. The minimum Gasteiger partial charge on any atom is -0.488 e. The third-order valence-electron chi connectivity index (χ3n) is 7.39. The van der Waals surface area contributed by atoms with E-state index in [-0.39, 0.29) is 49.3 Å². The molecule has 0 radical (unpaired) electrons. The van der Waals surface area contributed by atoms with E-state index in [9.17, 15) is 13.2 Å². The van der Waals surface area contributed by atoms with E-state index in [4.69, 9.17) is 10.5 Å². The van der Waals surface area contributed by atoms with E-state index in [2.05, 4.69) is 11.4 Å². The molecule has 2 atom stereocenters. The number of ketones is 1. The number of nitrogens with one attached hydrogen (secondary N) is 1. The number of nitrogens with two attached hydrogens (primary N) is 1. The summed E-state index contributed by atoms with van der Waals surface area (Å²) in [5.74, 6) is 0.461. The number of sulfonamides is 1. The number of hydrogen-bond donors (Lipinski definition) is 3. The zero-order chi connectivity index (χ0) is 29.7. The molecular formula is C31H50N4O4S2. The number of ether oxygens (including phenoxy) is 1. The zero-order valence-electron chi connectivity index (χ0n) is 25.6. The number of allylic oxidation sites excluding steroid dienone is 3. The van der Waals surface area contributed by atoms with Gasteiger partial charge in [0.15, 0.2) is 0 Å². The van der Waals surface area contributed by atoms with Gasteiger partial charge in [0, 0.05) is 47.5 Å². The third kappa shape index (κ3) is 8.00. The van der Waals surface area contributed by atoms with E-state index in [1.54, 1.807) is 35.6 Å². The lowest BCUT2D eigenvalue weighted by Gasteiger charge is -2.33. The minimum absolute atomic E-state index is 0. The van der Waals surface area contributed by atoms with Crippen molar-refractivity contribution in [3.63, 3.8) is 0 Å². The number of carbonyl (C=O) groups excluding carboxylic acids is 1. The molecule has 1 aromatic heterocycles. The van der Waals surface area contributed by atoms with Crippen LogP contribution in [0.15, 0.2) is 59.3 Å². The predicted molar refractivity (Wildman–Crippen MR) is 171 cm³/mol. The van der Waals surface area contributed by atoms with Crippen LogP contribution in [0, 0.1) is 18.3 Å². The number of benzene rings is 1. The molecule has 0 spiro atoms. The van der Waals surface area contributed by atoms with Crippen LogP contribution < -0.4 is 21.9 Å². The van der Waals surface area contributed by atoms with Crippen molar-refractivity contribution in [3.05, 3.63) is 69.7 Å². The van der Waals surface area contributed by atoms with Crippen LogP contribution in [0.2, 0.25) is 0 Å². The second-order valence-corrected chi connectivity index (χ2v) is 14.0. The molecule has 1 aromatic carbocycles. The summed E-state index contributed by atoms with van der Waals surface area (Å²) in [6, 6.07) is 8.91. The Balaban J connectivity index is 0.00000216. The first-order chi connectivity index (χ1) is 18.9. The van der Waals surface area contributed by atoms with Crippen molar-refractivity contribution in [2.24, 2.45) is 17.1 Å². The van der Waals surface area contributed by atoms with Crippen molar-refractivity contribution in [2.75, 3.05) is 13.1 Å². The van der Waals surface area contributed by atoms with Gasteiger partial charge in [-0.3, -0.25) is 4.79 Å². The number of fused-ring (bicyclic) bond motifs is 1. The number of thiophene rings is 1. The van der Waals surface area contributed by atoms with Crippen molar-refractivity contribution in [1.82, 2.24) is 15.8 Å². The maximum absolute atomic E-state index is 13.6. The van der Waals surface area contributed by atoms with Crippen LogP contribution in [0.5, 0.6) is 5.75 Å². The van der Waals surface area contributed by atoms with Gasteiger partial charge in [-0.25, -0.2) is 8.42 Å². The summed E-state index contributed by atoms with van der Waals surface area (Å²) in [6.07, 6.45) is 6.82. The summed E-state index contributed by atoms with van der Waals surface area (Å²) in [7, 11) is -3.73. The molecule has 10 heteroatoms. The maximum Gasteiger partial charge on any atom is 0.247 e. The molecule has 6 N–H and O–H groups in total. The predicted octanol–water partition coefficient (Wildman–Crippen LogP) is 6.52. The monoisotopic (exact) mass is 606 g/mol. The van der Waals surface area contributed by atoms with Gasteiger partial charge in [-0.2, -0.15) is 4.31 Å². The summed E-state index contributed by atoms with van der Waals surface area (Å²) in [5, 5.41) is 3.15. The van der Waals surface area contributed by atoms with Crippen molar-refractivity contribution in [1.29, 1.82) is 0 Å². The maximum atomic E-state index is 13.6. The van der Waals surface area contributed by atoms with E-state index in [0.717, 1.165) is 34.0 Å². The Morgan fingerprint density at radius 1 is 1.29 bits per heavy atom. The van der Waals surface area contributed by atoms with Crippen molar-refractivity contribution < 1.29 is 19.4 Å². The zero-order valence-corrected chi connectivity index (χ0v) is 27.2. The van der Waals surface area contributed by atoms with Crippen LogP contribution in [0.1, 0.15) is 77.0 Å². The van der Waals surface area contributed by atoms with Gasteiger partial charge >= 0.3 is 0 Å². The largest absolute Gasteiger partial charge is 0.488 e. The van der Waals surface area contributed by atoms with Gasteiger partial charge in [0.1, 0.15) is 22.5 Å². The minimum atomic E-state index is -3.73. The number of hydrogen-bond acceptors (Lipinski definition) is 8. The molecule has 0 fully saturated rings. The molecule has 0 saturated heterocycles. The van der Waals surface area contributed by atoms with E-state index in [1.807, 2.05) is 66.8 Å². The van der Waals surface area contributed by atoms with E-state index < -0.39 is 15.4 Å². The molecule has 4 rings (SSSR count). The first-order valence-electron chi connectivity index (χ1n) is 14.2. The molecule has 0 bridgehead atoms. The molecule has 2 heterocycles. The third-order valence-corrected chi connectivity index (χ3v) is 10.5. The molecule has 0 unspecified atom stereocenters. The van der Waals surface area contributed by atoms with Gasteiger partial charge < -0.3 is 21.9 Å².